The summed E-state index contributed by atoms with van der Waals surface area (Å²) >= 11 is 0. The van der Waals surface area contributed by atoms with E-state index in [0.29, 0.717) is 17.9 Å². The first-order chi connectivity index (χ1) is 10.8. The van der Waals surface area contributed by atoms with Crippen LogP contribution in [0.2, 0.25) is 0 Å². The summed E-state index contributed by atoms with van der Waals surface area (Å²) in [6.45, 7) is 2.34. The maximum atomic E-state index is 12.5. The average Bonchev–Trinajstić information content (AvgIpc) is 2.92. The van der Waals surface area contributed by atoms with Crippen molar-refractivity contribution < 1.29 is 17.9 Å². The summed E-state index contributed by atoms with van der Waals surface area (Å²) in [6.07, 6.45) is 3.19. The van der Waals surface area contributed by atoms with Gasteiger partial charge in [-0.25, -0.2) is 12.7 Å². The van der Waals surface area contributed by atoms with Gasteiger partial charge in [-0.3, -0.25) is 9.48 Å². The molecule has 1 heterocycles. The van der Waals surface area contributed by atoms with E-state index in [2.05, 4.69) is 5.10 Å². The van der Waals surface area contributed by atoms with Crippen molar-refractivity contribution in [3.63, 3.8) is 0 Å². The topological polar surface area (TPSA) is 81.5 Å². The predicted molar refractivity (Wildman–Crippen MR) is 84.5 cm³/mol. The normalized spacial score (nSPS) is 11.3. The Bertz CT molecular complexity index is 781. The number of aromatic nitrogens is 2. The number of aryl methyl sites for hydroxylation is 1. The van der Waals surface area contributed by atoms with E-state index in [-0.39, 0.29) is 11.3 Å². The van der Waals surface area contributed by atoms with Gasteiger partial charge in [0.25, 0.3) is 10.0 Å². The van der Waals surface area contributed by atoms with Crippen molar-refractivity contribution in [1.82, 2.24) is 14.1 Å². The minimum Gasteiger partial charge on any atom is -0.494 e. The molecule has 0 aliphatic rings. The van der Waals surface area contributed by atoms with Crippen LogP contribution in [0, 0.1) is 0 Å². The van der Waals surface area contributed by atoms with Crippen LogP contribution < -0.4 is 4.74 Å². The molecule has 2 aromatic rings. The summed E-state index contributed by atoms with van der Waals surface area (Å²) in [7, 11) is -0.897. The molecule has 0 N–H and O–H groups in total. The molecule has 7 nitrogen and oxygen atoms in total. The Labute approximate surface area is 135 Å². The van der Waals surface area contributed by atoms with Crippen molar-refractivity contribution in [2.75, 3.05) is 13.7 Å². The third-order valence-corrected chi connectivity index (χ3v) is 5.05. The van der Waals surface area contributed by atoms with Gasteiger partial charge in [-0.2, -0.15) is 5.10 Å². The summed E-state index contributed by atoms with van der Waals surface area (Å²) in [5.41, 5.74) is 0.659. The van der Waals surface area contributed by atoms with Crippen LogP contribution in [-0.2, 0) is 28.3 Å². The van der Waals surface area contributed by atoms with Crippen molar-refractivity contribution in [1.29, 1.82) is 0 Å². The molecule has 124 valence electrons. The van der Waals surface area contributed by atoms with Gasteiger partial charge >= 0.3 is 0 Å². The molecule has 0 aliphatic heterocycles. The molecule has 1 aromatic heterocycles. The number of likely N-dealkylation sites (N-methyl/N-ethyl adjacent to an activating group) is 1. The van der Waals surface area contributed by atoms with Crippen molar-refractivity contribution in [3.05, 3.63) is 42.2 Å². The number of carbonyl (C=O) groups excluding carboxylic acids is 1. The number of benzene rings is 1. The lowest BCUT2D eigenvalue weighted by Crippen LogP contribution is -2.34. The van der Waals surface area contributed by atoms with E-state index >= 15 is 0 Å². The number of nitrogens with zero attached hydrogens (tertiary/aromatic N) is 3. The quantitative estimate of drug-likeness (QED) is 0.791. The number of amides is 1. The van der Waals surface area contributed by atoms with Gasteiger partial charge in [-0.05, 0) is 36.8 Å². The maximum absolute atomic E-state index is 12.5. The first-order valence-corrected chi connectivity index (χ1v) is 8.50. The van der Waals surface area contributed by atoms with E-state index in [1.165, 1.54) is 25.4 Å². The molecule has 8 heteroatoms. The minimum atomic E-state index is -3.88. The number of rotatable bonds is 6. The Morgan fingerprint density at radius 1 is 1.30 bits per heavy atom. The highest BCUT2D eigenvalue weighted by atomic mass is 32.2. The summed E-state index contributed by atoms with van der Waals surface area (Å²) in [4.78, 5) is 12.2. The van der Waals surface area contributed by atoms with Gasteiger partial charge in [0.1, 0.15) is 5.75 Å². The molecular formula is C15H19N3O4S. The highest BCUT2D eigenvalue weighted by Gasteiger charge is 2.25. The fourth-order valence-corrected chi connectivity index (χ4v) is 3.14. The summed E-state index contributed by atoms with van der Waals surface area (Å²) < 4.78 is 32.6. The van der Waals surface area contributed by atoms with Crippen LogP contribution in [0.1, 0.15) is 12.5 Å². The molecule has 0 radical (unpaired) electrons. The third kappa shape index (κ3) is 3.89. The number of sulfonamides is 1. The molecule has 23 heavy (non-hydrogen) atoms. The van der Waals surface area contributed by atoms with E-state index in [1.54, 1.807) is 30.1 Å². The molecular weight excluding hydrogens is 318 g/mol. The van der Waals surface area contributed by atoms with Gasteiger partial charge in [0, 0.05) is 20.3 Å². The first-order valence-electron chi connectivity index (χ1n) is 7.06. The highest BCUT2D eigenvalue weighted by molar-refractivity contribution is 7.89. The Kier molecular flexibility index (Phi) is 5.05. The van der Waals surface area contributed by atoms with E-state index in [0.717, 1.165) is 4.31 Å². The van der Waals surface area contributed by atoms with E-state index in [4.69, 9.17) is 4.74 Å². The van der Waals surface area contributed by atoms with Crippen molar-refractivity contribution >= 4 is 15.9 Å². The first kappa shape index (κ1) is 17.0. The zero-order valence-electron chi connectivity index (χ0n) is 13.3. The standard InChI is InChI=1S/C15H19N3O4S/c1-4-22-13-5-7-14(8-6-13)23(20,21)18(3)15(19)9-12-10-16-17(2)11-12/h5-8,10-11H,4,9H2,1-3H3. The lowest BCUT2D eigenvalue weighted by molar-refractivity contribution is -0.124. The van der Waals surface area contributed by atoms with E-state index < -0.39 is 15.9 Å². The van der Waals surface area contributed by atoms with Crippen molar-refractivity contribution in [2.24, 2.45) is 7.05 Å². The Morgan fingerprint density at radius 3 is 2.48 bits per heavy atom. The molecule has 0 aliphatic carbocycles. The number of hydrogen-bond acceptors (Lipinski definition) is 5. The third-order valence-electron chi connectivity index (χ3n) is 3.26. The Morgan fingerprint density at radius 2 is 1.96 bits per heavy atom. The molecule has 0 saturated carbocycles. The molecule has 0 unspecified atom stereocenters. The van der Waals surface area contributed by atoms with Crippen LogP contribution in [0.25, 0.3) is 0 Å². The van der Waals surface area contributed by atoms with E-state index in [1.807, 2.05) is 6.92 Å². The average molecular weight is 337 g/mol. The second kappa shape index (κ2) is 6.82. The van der Waals surface area contributed by atoms with Crippen LogP contribution in [0.15, 0.2) is 41.6 Å². The molecule has 0 bridgehead atoms. The second-order valence-electron chi connectivity index (χ2n) is 4.97. The van der Waals surface area contributed by atoms with Crippen LogP contribution in [0.4, 0.5) is 0 Å². The van der Waals surface area contributed by atoms with Crippen molar-refractivity contribution in [3.8, 4) is 5.75 Å². The fraction of sp³-hybridized carbons (Fsp3) is 0.333. The van der Waals surface area contributed by atoms with Crippen molar-refractivity contribution in [2.45, 2.75) is 18.2 Å². The monoisotopic (exact) mass is 337 g/mol. The SMILES string of the molecule is CCOc1ccc(S(=O)(=O)N(C)C(=O)Cc2cnn(C)c2)cc1. The fourth-order valence-electron chi connectivity index (χ4n) is 2.02. The zero-order chi connectivity index (χ0) is 17.0. The molecule has 2 rings (SSSR count). The molecule has 1 aromatic carbocycles. The van der Waals surface area contributed by atoms with Gasteiger partial charge in [-0.15, -0.1) is 0 Å². The van der Waals surface area contributed by atoms with Crippen LogP contribution in [-0.4, -0.2) is 42.1 Å². The predicted octanol–water partition coefficient (Wildman–Crippen LogP) is 1.21. The Balaban J connectivity index is 2.15. The highest BCUT2D eigenvalue weighted by Crippen LogP contribution is 2.19. The lowest BCUT2D eigenvalue weighted by Gasteiger charge is -2.17. The van der Waals surface area contributed by atoms with E-state index in [9.17, 15) is 13.2 Å². The van der Waals surface area contributed by atoms with Gasteiger partial charge < -0.3 is 4.74 Å². The second-order valence-corrected chi connectivity index (χ2v) is 6.94. The largest absolute Gasteiger partial charge is 0.494 e. The van der Waals surface area contributed by atoms with Crippen LogP contribution in [0.3, 0.4) is 0 Å². The van der Waals surface area contributed by atoms with Gasteiger partial charge in [-0.1, -0.05) is 0 Å². The smallest absolute Gasteiger partial charge is 0.266 e. The summed E-state index contributed by atoms with van der Waals surface area (Å²) in [6, 6.07) is 5.98. The number of carbonyl (C=O) groups is 1. The van der Waals surface area contributed by atoms with Gasteiger partial charge in [0.15, 0.2) is 0 Å². The number of ether oxygens (including phenoxy) is 1. The number of hydrogen-bond donors (Lipinski definition) is 0. The van der Waals surface area contributed by atoms with Gasteiger partial charge in [0.05, 0.1) is 24.1 Å². The summed E-state index contributed by atoms with van der Waals surface area (Å²) in [5.74, 6) is 0.0580. The maximum Gasteiger partial charge on any atom is 0.266 e. The zero-order valence-corrected chi connectivity index (χ0v) is 14.1. The minimum absolute atomic E-state index is 0.0272. The molecule has 0 fully saturated rings. The Hall–Kier alpha value is -2.35. The van der Waals surface area contributed by atoms with Gasteiger partial charge in [0.2, 0.25) is 5.91 Å². The summed E-state index contributed by atoms with van der Waals surface area (Å²) in [5, 5.41) is 3.96. The molecule has 1 amide bonds. The molecule has 0 atom stereocenters. The van der Waals surface area contributed by atoms with Crippen LogP contribution >= 0.6 is 0 Å². The molecule has 0 saturated heterocycles. The van der Waals surface area contributed by atoms with Crippen LogP contribution in [0.5, 0.6) is 5.75 Å². The lowest BCUT2D eigenvalue weighted by atomic mass is 10.2. The molecule has 0 spiro atoms.